The van der Waals surface area contributed by atoms with Gasteiger partial charge in [0, 0.05) is 35.3 Å². The molecule has 0 aliphatic rings. The number of hydrogen-bond acceptors (Lipinski definition) is 6. The molecule has 40 heavy (non-hydrogen) atoms. The van der Waals surface area contributed by atoms with Gasteiger partial charge in [0.25, 0.3) is 10.0 Å². The number of amides is 2. The van der Waals surface area contributed by atoms with Gasteiger partial charge in [-0.05, 0) is 42.8 Å². The molecule has 0 aliphatic heterocycles. The first-order valence-electron chi connectivity index (χ1n) is 12.3. The van der Waals surface area contributed by atoms with Crippen LogP contribution in [-0.4, -0.2) is 59.0 Å². The van der Waals surface area contributed by atoms with Crippen molar-refractivity contribution in [2.75, 3.05) is 32.1 Å². The zero-order valence-electron chi connectivity index (χ0n) is 22.6. The molecule has 2 amide bonds. The van der Waals surface area contributed by atoms with Gasteiger partial charge in [-0.2, -0.15) is 0 Å². The summed E-state index contributed by atoms with van der Waals surface area (Å²) < 4.78 is 39.5. The molecule has 0 fully saturated rings. The standard InChI is InChI=1S/C28H31Cl2N3O6S/c1-5-24(28(35)31-2)32(17-21-22(29)12-9-13-23(21)30)27(34)18-33(19-10-7-6-8-11-19)40(36,37)20-14-15-25(38-3)26(16-20)39-4/h6-16,24H,5,17-18H2,1-4H3,(H,31,35). The maximum absolute atomic E-state index is 14.0. The maximum atomic E-state index is 14.0. The van der Waals surface area contributed by atoms with Gasteiger partial charge in [0.15, 0.2) is 11.5 Å². The van der Waals surface area contributed by atoms with Gasteiger partial charge in [-0.1, -0.05) is 54.4 Å². The minimum atomic E-state index is -4.29. The number of sulfonamides is 1. The van der Waals surface area contributed by atoms with E-state index in [2.05, 4.69) is 5.32 Å². The SMILES string of the molecule is CCC(C(=O)NC)N(Cc1c(Cl)cccc1Cl)C(=O)CN(c1ccccc1)S(=O)(=O)c1ccc(OC)c(OC)c1. The molecular weight excluding hydrogens is 577 g/mol. The number of rotatable bonds is 12. The second-order valence-electron chi connectivity index (χ2n) is 8.62. The van der Waals surface area contributed by atoms with Crippen LogP contribution in [0.5, 0.6) is 11.5 Å². The molecule has 12 heteroatoms. The summed E-state index contributed by atoms with van der Waals surface area (Å²) in [4.78, 5) is 28.0. The highest BCUT2D eigenvalue weighted by Crippen LogP contribution is 2.33. The lowest BCUT2D eigenvalue weighted by Crippen LogP contribution is -2.51. The number of carbonyl (C=O) groups is 2. The Hall–Kier alpha value is -3.47. The smallest absolute Gasteiger partial charge is 0.264 e. The predicted molar refractivity (Wildman–Crippen MR) is 156 cm³/mol. The minimum Gasteiger partial charge on any atom is -0.493 e. The summed E-state index contributed by atoms with van der Waals surface area (Å²) in [6.45, 7) is 1.04. The largest absolute Gasteiger partial charge is 0.493 e. The Morgan fingerprint density at radius 3 is 2.10 bits per heavy atom. The summed E-state index contributed by atoms with van der Waals surface area (Å²) >= 11 is 12.8. The average molecular weight is 609 g/mol. The van der Waals surface area contributed by atoms with Crippen LogP contribution in [0.2, 0.25) is 10.0 Å². The van der Waals surface area contributed by atoms with E-state index in [9.17, 15) is 18.0 Å². The Labute approximate surface area is 244 Å². The van der Waals surface area contributed by atoms with Crippen molar-refractivity contribution in [3.63, 3.8) is 0 Å². The van der Waals surface area contributed by atoms with E-state index in [0.717, 1.165) is 4.31 Å². The van der Waals surface area contributed by atoms with Gasteiger partial charge in [0.2, 0.25) is 11.8 Å². The lowest BCUT2D eigenvalue weighted by Gasteiger charge is -2.33. The monoisotopic (exact) mass is 607 g/mol. The molecule has 0 saturated heterocycles. The summed E-state index contributed by atoms with van der Waals surface area (Å²) in [6.07, 6.45) is 0.265. The normalized spacial score (nSPS) is 11.8. The topological polar surface area (TPSA) is 105 Å². The number of likely N-dealkylation sites (N-methyl/N-ethyl adjacent to an activating group) is 1. The third-order valence-electron chi connectivity index (χ3n) is 6.29. The predicted octanol–water partition coefficient (Wildman–Crippen LogP) is 4.76. The fraction of sp³-hybridized carbons (Fsp3) is 0.286. The van der Waals surface area contributed by atoms with Crippen molar-refractivity contribution in [2.45, 2.75) is 30.8 Å². The van der Waals surface area contributed by atoms with Crippen molar-refractivity contribution in [3.05, 3.63) is 82.3 Å². The first-order chi connectivity index (χ1) is 19.1. The summed E-state index contributed by atoms with van der Waals surface area (Å²) in [6, 6.07) is 16.4. The van der Waals surface area contributed by atoms with E-state index < -0.39 is 34.4 Å². The second-order valence-corrected chi connectivity index (χ2v) is 11.3. The molecule has 3 aromatic carbocycles. The van der Waals surface area contributed by atoms with Crippen LogP contribution in [0.25, 0.3) is 0 Å². The van der Waals surface area contributed by atoms with Crippen LogP contribution in [0.4, 0.5) is 5.69 Å². The summed E-state index contributed by atoms with van der Waals surface area (Å²) in [5.74, 6) is -0.473. The number of anilines is 1. The number of methoxy groups -OCH3 is 2. The number of carbonyl (C=O) groups excluding carboxylic acids is 2. The highest BCUT2D eigenvalue weighted by molar-refractivity contribution is 7.92. The highest BCUT2D eigenvalue weighted by Gasteiger charge is 2.34. The van der Waals surface area contributed by atoms with Gasteiger partial charge in [-0.25, -0.2) is 8.42 Å². The van der Waals surface area contributed by atoms with E-state index in [1.54, 1.807) is 55.5 Å². The molecule has 3 rings (SSSR count). The molecule has 0 saturated carbocycles. The van der Waals surface area contributed by atoms with Gasteiger partial charge in [0.1, 0.15) is 12.6 Å². The summed E-state index contributed by atoms with van der Waals surface area (Å²) in [5.41, 5.74) is 0.699. The van der Waals surface area contributed by atoms with Crippen LogP contribution >= 0.6 is 23.2 Å². The number of hydrogen-bond donors (Lipinski definition) is 1. The Morgan fingerprint density at radius 1 is 0.925 bits per heavy atom. The molecule has 0 heterocycles. The minimum absolute atomic E-state index is 0.109. The van der Waals surface area contributed by atoms with Gasteiger partial charge < -0.3 is 19.7 Å². The van der Waals surface area contributed by atoms with E-state index in [0.29, 0.717) is 21.4 Å². The number of nitrogens with one attached hydrogen (secondary N) is 1. The molecule has 0 spiro atoms. The summed E-state index contributed by atoms with van der Waals surface area (Å²) in [5, 5.41) is 3.20. The molecule has 1 N–H and O–H groups in total. The van der Waals surface area contributed by atoms with Crippen LogP contribution in [0.15, 0.2) is 71.6 Å². The molecule has 1 unspecified atom stereocenters. The van der Waals surface area contributed by atoms with Gasteiger partial charge in [-0.15, -0.1) is 0 Å². The first-order valence-corrected chi connectivity index (χ1v) is 14.5. The lowest BCUT2D eigenvalue weighted by atomic mass is 10.1. The first kappa shape index (κ1) is 31.1. The van der Waals surface area contributed by atoms with Crippen molar-refractivity contribution in [1.29, 1.82) is 0 Å². The van der Waals surface area contributed by atoms with E-state index in [1.165, 1.54) is 44.4 Å². The summed E-state index contributed by atoms with van der Waals surface area (Å²) in [7, 11) is 0.0149. The number of nitrogens with zero attached hydrogens (tertiary/aromatic N) is 2. The lowest BCUT2D eigenvalue weighted by molar-refractivity contribution is -0.140. The van der Waals surface area contributed by atoms with Crippen LogP contribution in [-0.2, 0) is 26.2 Å². The molecule has 0 aromatic heterocycles. The van der Waals surface area contributed by atoms with E-state index in [4.69, 9.17) is 32.7 Å². The molecular formula is C28H31Cl2N3O6S. The van der Waals surface area contributed by atoms with E-state index in [1.807, 2.05) is 0 Å². The third-order valence-corrected chi connectivity index (χ3v) is 8.77. The fourth-order valence-electron chi connectivity index (χ4n) is 4.17. The van der Waals surface area contributed by atoms with Crippen molar-refractivity contribution in [1.82, 2.24) is 10.2 Å². The van der Waals surface area contributed by atoms with Crippen LogP contribution in [0.3, 0.4) is 0 Å². The number of ether oxygens (including phenoxy) is 2. The Morgan fingerprint density at radius 2 is 1.55 bits per heavy atom. The Balaban J connectivity index is 2.10. The van der Waals surface area contributed by atoms with Crippen molar-refractivity contribution < 1.29 is 27.5 Å². The molecule has 214 valence electrons. The average Bonchev–Trinajstić information content (AvgIpc) is 2.96. The van der Waals surface area contributed by atoms with Crippen molar-refractivity contribution in [3.8, 4) is 11.5 Å². The molecule has 0 bridgehead atoms. The van der Waals surface area contributed by atoms with Gasteiger partial charge in [0.05, 0.1) is 24.8 Å². The number of benzene rings is 3. The van der Waals surface area contributed by atoms with E-state index >= 15 is 0 Å². The van der Waals surface area contributed by atoms with Crippen LogP contribution in [0.1, 0.15) is 18.9 Å². The van der Waals surface area contributed by atoms with Gasteiger partial charge >= 0.3 is 0 Å². The Bertz CT molecular complexity index is 1430. The van der Waals surface area contributed by atoms with E-state index in [-0.39, 0.29) is 29.3 Å². The highest BCUT2D eigenvalue weighted by atomic mass is 35.5. The van der Waals surface area contributed by atoms with Crippen LogP contribution in [0, 0.1) is 0 Å². The molecule has 0 radical (unpaired) electrons. The third kappa shape index (κ3) is 6.80. The fourth-order valence-corrected chi connectivity index (χ4v) is 6.11. The second kappa shape index (κ2) is 13.7. The van der Waals surface area contributed by atoms with Crippen molar-refractivity contribution in [2.24, 2.45) is 0 Å². The molecule has 9 nitrogen and oxygen atoms in total. The van der Waals surface area contributed by atoms with Gasteiger partial charge in [-0.3, -0.25) is 13.9 Å². The molecule has 1 atom stereocenters. The van der Waals surface area contributed by atoms with Crippen molar-refractivity contribution >= 4 is 50.7 Å². The zero-order valence-corrected chi connectivity index (χ0v) is 24.9. The molecule has 3 aromatic rings. The van der Waals surface area contributed by atoms with Crippen LogP contribution < -0.4 is 19.1 Å². The number of para-hydroxylation sites is 1. The quantitative estimate of drug-likeness (QED) is 0.318. The maximum Gasteiger partial charge on any atom is 0.264 e. The Kier molecular flexibility index (Phi) is 10.7. The zero-order chi connectivity index (χ0) is 29.4. The number of halogens is 2. The molecule has 0 aliphatic carbocycles.